The van der Waals surface area contributed by atoms with E-state index >= 15 is 0 Å². The number of amides is 2. The maximum atomic E-state index is 12.2. The van der Waals surface area contributed by atoms with E-state index in [-0.39, 0.29) is 16.9 Å². The van der Waals surface area contributed by atoms with Crippen molar-refractivity contribution >= 4 is 29.4 Å². The molecular weight excluding hydrogens is 416 g/mol. The molecule has 2 rings (SSSR count). The highest BCUT2D eigenvalue weighted by Gasteiger charge is 2.16. The fourth-order valence-electron chi connectivity index (χ4n) is 2.37. The summed E-state index contributed by atoms with van der Waals surface area (Å²) in [5.41, 5.74) is 4.65. The number of halogens is 1. The van der Waals surface area contributed by atoms with Crippen molar-refractivity contribution < 1.29 is 33.3 Å². The molecule has 0 spiro atoms. The summed E-state index contributed by atoms with van der Waals surface area (Å²) in [4.78, 5) is 36.2. The van der Waals surface area contributed by atoms with Gasteiger partial charge in [-0.2, -0.15) is 0 Å². The van der Waals surface area contributed by atoms with Gasteiger partial charge in [-0.1, -0.05) is 11.6 Å². The standard InChI is InChI=1S/C20H21ClN2O7/c1-4-29-16-7-5-12(9-17(16)28-3)20(26)30-11-18(24)22-23-19(25)14-10-13(21)6-8-15(14)27-2/h5-10H,4,11H2,1-3H3,(H,22,24)(H,23,25). The van der Waals surface area contributed by atoms with Crippen molar-refractivity contribution in [3.8, 4) is 17.2 Å². The number of ether oxygens (including phenoxy) is 4. The van der Waals surface area contributed by atoms with Crippen LogP contribution in [0.25, 0.3) is 0 Å². The van der Waals surface area contributed by atoms with Crippen LogP contribution in [0.15, 0.2) is 36.4 Å². The van der Waals surface area contributed by atoms with Gasteiger partial charge in [0.1, 0.15) is 5.75 Å². The molecule has 2 amide bonds. The van der Waals surface area contributed by atoms with Crippen molar-refractivity contribution in [1.82, 2.24) is 10.9 Å². The van der Waals surface area contributed by atoms with Gasteiger partial charge in [-0.15, -0.1) is 0 Å². The molecule has 0 aliphatic heterocycles. The Morgan fingerprint density at radius 3 is 2.30 bits per heavy atom. The summed E-state index contributed by atoms with van der Waals surface area (Å²) in [6.45, 7) is 1.65. The normalized spacial score (nSPS) is 10.0. The first-order valence-corrected chi connectivity index (χ1v) is 9.18. The van der Waals surface area contributed by atoms with Crippen molar-refractivity contribution in [3.05, 3.63) is 52.5 Å². The van der Waals surface area contributed by atoms with Crippen LogP contribution in [0.5, 0.6) is 17.2 Å². The topological polar surface area (TPSA) is 112 Å². The van der Waals surface area contributed by atoms with E-state index in [1.807, 2.05) is 6.92 Å². The first-order valence-electron chi connectivity index (χ1n) is 8.80. The predicted molar refractivity (Wildman–Crippen MR) is 108 cm³/mol. The van der Waals surface area contributed by atoms with Crippen LogP contribution in [-0.4, -0.2) is 45.2 Å². The van der Waals surface area contributed by atoms with Gasteiger partial charge in [0.15, 0.2) is 18.1 Å². The molecule has 160 valence electrons. The van der Waals surface area contributed by atoms with E-state index in [1.165, 1.54) is 38.5 Å². The number of benzene rings is 2. The second-order valence-electron chi connectivity index (χ2n) is 5.72. The number of rotatable bonds is 8. The molecule has 0 atom stereocenters. The van der Waals surface area contributed by atoms with Gasteiger partial charge in [0.05, 0.1) is 32.0 Å². The molecule has 0 radical (unpaired) electrons. The Labute approximate surface area is 178 Å². The maximum absolute atomic E-state index is 12.2. The predicted octanol–water partition coefficient (Wildman–Crippen LogP) is 2.37. The van der Waals surface area contributed by atoms with Crippen LogP contribution in [0.4, 0.5) is 0 Å². The van der Waals surface area contributed by atoms with Crippen LogP contribution in [0.1, 0.15) is 27.6 Å². The van der Waals surface area contributed by atoms with Gasteiger partial charge in [0.25, 0.3) is 11.8 Å². The molecule has 0 saturated carbocycles. The van der Waals surface area contributed by atoms with E-state index in [2.05, 4.69) is 10.9 Å². The highest BCUT2D eigenvalue weighted by atomic mass is 35.5. The molecule has 0 saturated heterocycles. The van der Waals surface area contributed by atoms with Gasteiger partial charge in [0.2, 0.25) is 0 Å². The first-order chi connectivity index (χ1) is 14.4. The SMILES string of the molecule is CCOc1ccc(C(=O)OCC(=O)NNC(=O)c2cc(Cl)ccc2OC)cc1OC. The Hall–Kier alpha value is -3.46. The van der Waals surface area contributed by atoms with Crippen LogP contribution in [0.2, 0.25) is 5.02 Å². The molecule has 0 bridgehead atoms. The number of nitrogens with one attached hydrogen (secondary N) is 2. The number of carbonyl (C=O) groups excluding carboxylic acids is 3. The first kappa shape index (κ1) is 22.8. The molecule has 2 aromatic carbocycles. The fourth-order valence-corrected chi connectivity index (χ4v) is 2.54. The van der Waals surface area contributed by atoms with Crippen molar-refractivity contribution in [2.45, 2.75) is 6.92 Å². The number of methoxy groups -OCH3 is 2. The van der Waals surface area contributed by atoms with Crippen LogP contribution in [-0.2, 0) is 9.53 Å². The average Bonchev–Trinajstić information content (AvgIpc) is 2.76. The second-order valence-corrected chi connectivity index (χ2v) is 6.16. The highest BCUT2D eigenvalue weighted by Crippen LogP contribution is 2.28. The van der Waals surface area contributed by atoms with E-state index in [0.29, 0.717) is 23.1 Å². The highest BCUT2D eigenvalue weighted by molar-refractivity contribution is 6.31. The lowest BCUT2D eigenvalue weighted by atomic mass is 10.2. The lowest BCUT2D eigenvalue weighted by molar-refractivity contribution is -0.125. The van der Waals surface area contributed by atoms with Crippen molar-refractivity contribution in [1.29, 1.82) is 0 Å². The fraction of sp³-hybridized carbons (Fsp3) is 0.250. The zero-order chi connectivity index (χ0) is 22.1. The molecule has 2 N–H and O–H groups in total. The van der Waals surface area contributed by atoms with Gasteiger partial charge < -0.3 is 18.9 Å². The monoisotopic (exact) mass is 436 g/mol. The minimum absolute atomic E-state index is 0.128. The number of esters is 1. The molecule has 0 aliphatic rings. The van der Waals surface area contributed by atoms with Crippen molar-refractivity contribution in [3.63, 3.8) is 0 Å². The molecule has 0 unspecified atom stereocenters. The third-order valence-electron chi connectivity index (χ3n) is 3.76. The van der Waals surface area contributed by atoms with Crippen molar-refractivity contribution in [2.75, 3.05) is 27.4 Å². The zero-order valence-corrected chi connectivity index (χ0v) is 17.4. The Bertz CT molecular complexity index is 933. The molecule has 0 aromatic heterocycles. The Morgan fingerprint density at radius 1 is 0.933 bits per heavy atom. The van der Waals surface area contributed by atoms with E-state index in [4.69, 9.17) is 30.5 Å². The molecule has 0 heterocycles. The van der Waals surface area contributed by atoms with Crippen LogP contribution < -0.4 is 25.1 Å². The minimum atomic E-state index is -0.741. The molecule has 2 aromatic rings. The smallest absolute Gasteiger partial charge is 0.338 e. The number of hydrazine groups is 1. The molecule has 30 heavy (non-hydrogen) atoms. The van der Waals surface area contributed by atoms with E-state index < -0.39 is 24.4 Å². The van der Waals surface area contributed by atoms with Gasteiger partial charge in [0, 0.05) is 5.02 Å². The number of hydrogen-bond acceptors (Lipinski definition) is 7. The Morgan fingerprint density at radius 2 is 1.63 bits per heavy atom. The molecule has 0 aliphatic carbocycles. The third-order valence-corrected chi connectivity index (χ3v) is 3.99. The lowest BCUT2D eigenvalue weighted by Gasteiger charge is -2.12. The summed E-state index contributed by atoms with van der Waals surface area (Å²) in [6.07, 6.45) is 0. The van der Waals surface area contributed by atoms with E-state index in [1.54, 1.807) is 12.1 Å². The van der Waals surface area contributed by atoms with Crippen LogP contribution >= 0.6 is 11.6 Å². The van der Waals surface area contributed by atoms with E-state index in [9.17, 15) is 14.4 Å². The van der Waals surface area contributed by atoms with Gasteiger partial charge in [-0.3, -0.25) is 20.4 Å². The third kappa shape index (κ3) is 6.02. The molecule has 0 fully saturated rings. The quantitative estimate of drug-likeness (QED) is 0.482. The molecule has 9 nitrogen and oxygen atoms in total. The Kier molecular flexibility index (Phi) is 8.30. The summed E-state index contributed by atoms with van der Waals surface area (Å²) >= 11 is 5.88. The maximum Gasteiger partial charge on any atom is 0.338 e. The minimum Gasteiger partial charge on any atom is -0.496 e. The average molecular weight is 437 g/mol. The van der Waals surface area contributed by atoms with Crippen LogP contribution in [0.3, 0.4) is 0 Å². The van der Waals surface area contributed by atoms with Crippen molar-refractivity contribution in [2.24, 2.45) is 0 Å². The van der Waals surface area contributed by atoms with Gasteiger partial charge >= 0.3 is 5.97 Å². The zero-order valence-electron chi connectivity index (χ0n) is 16.6. The second kappa shape index (κ2) is 10.9. The van der Waals surface area contributed by atoms with Gasteiger partial charge in [-0.25, -0.2) is 4.79 Å². The summed E-state index contributed by atoms with van der Waals surface area (Å²) in [5.74, 6) is -1.01. The largest absolute Gasteiger partial charge is 0.496 e. The van der Waals surface area contributed by atoms with E-state index in [0.717, 1.165) is 0 Å². The number of carbonyl (C=O) groups is 3. The number of hydrogen-bond donors (Lipinski definition) is 2. The van der Waals surface area contributed by atoms with Crippen LogP contribution in [0, 0.1) is 0 Å². The Balaban J connectivity index is 1.89. The molecular formula is C20H21ClN2O7. The summed E-state index contributed by atoms with van der Waals surface area (Å²) in [6, 6.07) is 8.97. The molecule has 10 heteroatoms. The summed E-state index contributed by atoms with van der Waals surface area (Å²) < 4.78 is 20.6. The summed E-state index contributed by atoms with van der Waals surface area (Å²) in [5, 5.41) is 0.326. The lowest BCUT2D eigenvalue weighted by Crippen LogP contribution is -2.43. The summed E-state index contributed by atoms with van der Waals surface area (Å²) in [7, 11) is 2.84. The van der Waals surface area contributed by atoms with Gasteiger partial charge in [-0.05, 0) is 43.3 Å².